The second-order valence-electron chi connectivity index (χ2n) is 3.65. The van der Waals surface area contributed by atoms with Crippen LogP contribution >= 0.6 is 0 Å². The number of allylic oxidation sites excluding steroid dienone is 2. The minimum Gasteiger partial charge on any atom is -0.513 e. The Balaban J connectivity index is 3.25. The summed E-state index contributed by atoms with van der Waals surface area (Å²) >= 11 is 0. The van der Waals surface area contributed by atoms with Gasteiger partial charge in [-0.2, -0.15) is 0 Å². The van der Waals surface area contributed by atoms with Gasteiger partial charge in [-0.05, 0) is 25.3 Å². The Morgan fingerprint density at radius 1 is 1.00 bits per heavy atom. The molecule has 0 aliphatic heterocycles. The SMILES string of the molecule is CCCCCCC=C(O)CCCC. The minimum atomic E-state index is 0.596. The van der Waals surface area contributed by atoms with Gasteiger partial charge in [0.05, 0.1) is 5.76 Å². The van der Waals surface area contributed by atoms with E-state index in [0.29, 0.717) is 5.76 Å². The zero-order valence-electron chi connectivity index (χ0n) is 9.18. The van der Waals surface area contributed by atoms with E-state index in [-0.39, 0.29) is 0 Å². The molecule has 0 rings (SSSR count). The van der Waals surface area contributed by atoms with E-state index in [1.54, 1.807) is 0 Å². The molecule has 0 fully saturated rings. The molecular formula is C12H24O. The predicted octanol–water partition coefficient (Wildman–Crippen LogP) is 4.59. The highest BCUT2D eigenvalue weighted by molar-refractivity contribution is 4.90. The van der Waals surface area contributed by atoms with Gasteiger partial charge in [-0.1, -0.05) is 39.5 Å². The van der Waals surface area contributed by atoms with Crippen LogP contribution in [-0.4, -0.2) is 5.11 Å². The summed E-state index contributed by atoms with van der Waals surface area (Å²) < 4.78 is 0. The van der Waals surface area contributed by atoms with Gasteiger partial charge >= 0.3 is 0 Å². The molecule has 0 aromatic carbocycles. The largest absolute Gasteiger partial charge is 0.513 e. The number of unbranched alkanes of at least 4 members (excludes halogenated alkanes) is 5. The quantitative estimate of drug-likeness (QED) is 0.432. The first kappa shape index (κ1) is 12.5. The molecule has 0 bridgehead atoms. The maximum atomic E-state index is 9.40. The summed E-state index contributed by atoms with van der Waals surface area (Å²) in [5.74, 6) is 0.596. The van der Waals surface area contributed by atoms with Crippen molar-refractivity contribution in [3.8, 4) is 0 Å². The first-order chi connectivity index (χ1) is 6.31. The fraction of sp³-hybridized carbons (Fsp3) is 0.833. The molecule has 0 amide bonds. The third kappa shape index (κ3) is 9.45. The predicted molar refractivity (Wildman–Crippen MR) is 59.0 cm³/mol. The molecule has 1 heteroatoms. The second kappa shape index (κ2) is 9.63. The standard InChI is InChI=1S/C12H24O/c1-3-5-7-8-9-11-12(13)10-6-4-2/h11,13H,3-10H2,1-2H3. The molecule has 0 aliphatic rings. The summed E-state index contributed by atoms with van der Waals surface area (Å²) in [6, 6.07) is 0. The minimum absolute atomic E-state index is 0.596. The summed E-state index contributed by atoms with van der Waals surface area (Å²) in [5, 5.41) is 9.40. The molecule has 0 aromatic rings. The molecule has 78 valence electrons. The monoisotopic (exact) mass is 184 g/mol. The topological polar surface area (TPSA) is 20.2 Å². The number of aliphatic hydroxyl groups excluding tert-OH is 1. The van der Waals surface area contributed by atoms with Crippen LogP contribution in [0.5, 0.6) is 0 Å². The van der Waals surface area contributed by atoms with E-state index in [0.717, 1.165) is 25.7 Å². The molecule has 13 heavy (non-hydrogen) atoms. The maximum absolute atomic E-state index is 9.40. The van der Waals surface area contributed by atoms with Gasteiger partial charge in [-0.15, -0.1) is 0 Å². The van der Waals surface area contributed by atoms with Crippen molar-refractivity contribution < 1.29 is 5.11 Å². The van der Waals surface area contributed by atoms with Crippen molar-refractivity contribution in [2.45, 2.75) is 65.2 Å². The molecular weight excluding hydrogens is 160 g/mol. The Kier molecular flexibility index (Phi) is 9.29. The maximum Gasteiger partial charge on any atom is 0.0882 e. The van der Waals surface area contributed by atoms with Gasteiger partial charge < -0.3 is 5.11 Å². The van der Waals surface area contributed by atoms with E-state index in [4.69, 9.17) is 0 Å². The lowest BCUT2D eigenvalue weighted by atomic mass is 10.1. The first-order valence-corrected chi connectivity index (χ1v) is 5.69. The molecule has 0 unspecified atom stereocenters. The van der Waals surface area contributed by atoms with Gasteiger partial charge in [0.2, 0.25) is 0 Å². The van der Waals surface area contributed by atoms with E-state index in [1.807, 2.05) is 6.08 Å². The van der Waals surface area contributed by atoms with Gasteiger partial charge in [0, 0.05) is 6.42 Å². The number of aliphatic hydroxyl groups is 1. The Labute approximate surface area is 82.9 Å². The average molecular weight is 184 g/mol. The van der Waals surface area contributed by atoms with Crippen LogP contribution in [0.4, 0.5) is 0 Å². The zero-order valence-corrected chi connectivity index (χ0v) is 9.18. The lowest BCUT2D eigenvalue weighted by Gasteiger charge is -1.98. The summed E-state index contributed by atoms with van der Waals surface area (Å²) in [7, 11) is 0. The Bertz CT molecular complexity index is 127. The Morgan fingerprint density at radius 3 is 2.31 bits per heavy atom. The fourth-order valence-electron chi connectivity index (χ4n) is 1.30. The normalized spacial score (nSPS) is 12.0. The van der Waals surface area contributed by atoms with E-state index in [2.05, 4.69) is 13.8 Å². The van der Waals surface area contributed by atoms with Crippen LogP contribution in [0.25, 0.3) is 0 Å². The average Bonchev–Trinajstić information content (AvgIpc) is 2.14. The van der Waals surface area contributed by atoms with Crippen LogP contribution in [0.15, 0.2) is 11.8 Å². The van der Waals surface area contributed by atoms with Crippen molar-refractivity contribution in [3.05, 3.63) is 11.8 Å². The van der Waals surface area contributed by atoms with Crippen molar-refractivity contribution in [2.75, 3.05) is 0 Å². The number of hydrogen-bond acceptors (Lipinski definition) is 1. The first-order valence-electron chi connectivity index (χ1n) is 5.69. The summed E-state index contributed by atoms with van der Waals surface area (Å²) in [6.07, 6.45) is 11.3. The van der Waals surface area contributed by atoms with Crippen molar-refractivity contribution in [1.29, 1.82) is 0 Å². The lowest BCUT2D eigenvalue weighted by Crippen LogP contribution is -1.82. The molecule has 0 spiro atoms. The zero-order chi connectivity index (χ0) is 9.94. The third-order valence-electron chi connectivity index (χ3n) is 2.22. The number of rotatable bonds is 8. The van der Waals surface area contributed by atoms with Gasteiger partial charge in [0.15, 0.2) is 0 Å². The van der Waals surface area contributed by atoms with Gasteiger partial charge in [0.25, 0.3) is 0 Å². The van der Waals surface area contributed by atoms with Gasteiger partial charge in [-0.25, -0.2) is 0 Å². The molecule has 1 nitrogen and oxygen atoms in total. The fourth-order valence-corrected chi connectivity index (χ4v) is 1.30. The van der Waals surface area contributed by atoms with Gasteiger partial charge in [-0.3, -0.25) is 0 Å². The second-order valence-corrected chi connectivity index (χ2v) is 3.65. The van der Waals surface area contributed by atoms with Crippen LogP contribution in [0.3, 0.4) is 0 Å². The highest BCUT2D eigenvalue weighted by Gasteiger charge is 1.91. The van der Waals surface area contributed by atoms with Crippen LogP contribution in [0.2, 0.25) is 0 Å². The lowest BCUT2D eigenvalue weighted by molar-refractivity contribution is 0.379. The van der Waals surface area contributed by atoms with Crippen LogP contribution in [-0.2, 0) is 0 Å². The van der Waals surface area contributed by atoms with E-state index in [1.165, 1.54) is 25.7 Å². The van der Waals surface area contributed by atoms with Crippen molar-refractivity contribution in [2.24, 2.45) is 0 Å². The highest BCUT2D eigenvalue weighted by Crippen LogP contribution is 2.08. The molecule has 0 aromatic heterocycles. The Morgan fingerprint density at radius 2 is 1.69 bits per heavy atom. The van der Waals surface area contributed by atoms with Crippen molar-refractivity contribution in [1.82, 2.24) is 0 Å². The highest BCUT2D eigenvalue weighted by atomic mass is 16.3. The molecule has 0 saturated carbocycles. The van der Waals surface area contributed by atoms with Crippen LogP contribution < -0.4 is 0 Å². The summed E-state index contributed by atoms with van der Waals surface area (Å²) in [4.78, 5) is 0. The smallest absolute Gasteiger partial charge is 0.0882 e. The van der Waals surface area contributed by atoms with Crippen LogP contribution in [0, 0.1) is 0 Å². The molecule has 0 aliphatic carbocycles. The molecule has 0 saturated heterocycles. The van der Waals surface area contributed by atoms with E-state index in [9.17, 15) is 5.11 Å². The molecule has 0 heterocycles. The van der Waals surface area contributed by atoms with Gasteiger partial charge in [0.1, 0.15) is 0 Å². The number of hydrogen-bond donors (Lipinski definition) is 1. The van der Waals surface area contributed by atoms with Crippen molar-refractivity contribution >= 4 is 0 Å². The summed E-state index contributed by atoms with van der Waals surface area (Å²) in [5.41, 5.74) is 0. The molecule has 0 radical (unpaired) electrons. The third-order valence-corrected chi connectivity index (χ3v) is 2.22. The molecule has 1 N–H and O–H groups in total. The van der Waals surface area contributed by atoms with E-state index < -0.39 is 0 Å². The molecule has 0 atom stereocenters. The van der Waals surface area contributed by atoms with Crippen LogP contribution in [0.1, 0.15) is 65.2 Å². The van der Waals surface area contributed by atoms with E-state index >= 15 is 0 Å². The van der Waals surface area contributed by atoms with Crippen molar-refractivity contribution in [3.63, 3.8) is 0 Å². The Hall–Kier alpha value is -0.460. The summed E-state index contributed by atoms with van der Waals surface area (Å²) in [6.45, 7) is 4.36.